The van der Waals surface area contributed by atoms with Gasteiger partial charge in [-0.1, -0.05) is 0 Å². The molecule has 7 nitrogen and oxygen atoms in total. The first-order valence-electron chi connectivity index (χ1n) is 7.55. The molecule has 0 bridgehead atoms. The van der Waals surface area contributed by atoms with Crippen LogP contribution in [0.1, 0.15) is 26.2 Å². The van der Waals surface area contributed by atoms with E-state index in [-0.39, 0.29) is 18.7 Å². The Balaban J connectivity index is 1.88. The van der Waals surface area contributed by atoms with Crippen LogP contribution in [0.25, 0.3) is 0 Å². The van der Waals surface area contributed by atoms with Crippen LogP contribution in [-0.2, 0) is 19.6 Å². The quantitative estimate of drug-likeness (QED) is 0.679. The summed E-state index contributed by atoms with van der Waals surface area (Å²) in [5.74, 6) is -1.23. The number of rotatable bonds is 5. The van der Waals surface area contributed by atoms with Crippen LogP contribution in [0.3, 0.4) is 0 Å². The van der Waals surface area contributed by atoms with Gasteiger partial charge in [0.1, 0.15) is 0 Å². The average molecular weight is 319 g/mol. The highest BCUT2D eigenvalue weighted by molar-refractivity contribution is 7.89. The van der Waals surface area contributed by atoms with Crippen molar-refractivity contribution in [1.29, 1.82) is 0 Å². The lowest BCUT2D eigenvalue weighted by Gasteiger charge is -2.34. The Bertz CT molecular complexity index is 460. The largest absolute Gasteiger partial charge is 0.465 e. The van der Waals surface area contributed by atoms with E-state index in [0.29, 0.717) is 13.1 Å². The highest BCUT2D eigenvalue weighted by atomic mass is 32.2. The van der Waals surface area contributed by atoms with Crippen LogP contribution < -0.4 is 5.73 Å². The lowest BCUT2D eigenvalue weighted by Crippen LogP contribution is -2.46. The molecule has 2 rings (SSSR count). The number of ether oxygens (including phenoxy) is 1. The molecule has 0 aromatic heterocycles. The third-order valence-electron chi connectivity index (χ3n) is 4.22. The molecule has 2 fully saturated rings. The zero-order valence-electron chi connectivity index (χ0n) is 12.5. The molecule has 0 saturated carbocycles. The number of carbonyl (C=O) groups excluding carboxylic acids is 1. The van der Waals surface area contributed by atoms with E-state index in [1.807, 2.05) is 0 Å². The molecule has 0 aromatic rings. The molecule has 1 unspecified atom stereocenters. The molecule has 0 amide bonds. The van der Waals surface area contributed by atoms with E-state index in [0.717, 1.165) is 32.4 Å². The summed E-state index contributed by atoms with van der Waals surface area (Å²) in [7, 11) is -3.56. The summed E-state index contributed by atoms with van der Waals surface area (Å²) in [6.45, 7) is 4.67. The summed E-state index contributed by atoms with van der Waals surface area (Å²) >= 11 is 0. The van der Waals surface area contributed by atoms with Gasteiger partial charge in [0.15, 0.2) is 5.75 Å². The Hall–Kier alpha value is -0.700. The third-order valence-corrected chi connectivity index (χ3v) is 5.93. The van der Waals surface area contributed by atoms with E-state index in [2.05, 4.69) is 4.90 Å². The lowest BCUT2D eigenvalue weighted by molar-refractivity contribution is -0.140. The van der Waals surface area contributed by atoms with E-state index in [4.69, 9.17) is 10.5 Å². The zero-order chi connectivity index (χ0) is 15.5. The maximum Gasteiger partial charge on any atom is 0.322 e. The van der Waals surface area contributed by atoms with E-state index in [1.165, 1.54) is 4.31 Å². The second-order valence-electron chi connectivity index (χ2n) is 5.74. The SMILES string of the molecule is CCOC(=O)CS(=O)(=O)N1CCC(N2CCC(N)CC2)C1. The Labute approximate surface area is 126 Å². The number of likely N-dealkylation sites (tertiary alicyclic amines) is 1. The second-order valence-corrected chi connectivity index (χ2v) is 7.70. The van der Waals surface area contributed by atoms with Crippen molar-refractivity contribution < 1.29 is 17.9 Å². The molecule has 0 spiro atoms. The monoisotopic (exact) mass is 319 g/mol. The minimum Gasteiger partial charge on any atom is -0.465 e. The first kappa shape index (κ1) is 16.7. The molecular weight excluding hydrogens is 294 g/mol. The molecule has 21 heavy (non-hydrogen) atoms. The molecule has 0 aromatic carbocycles. The van der Waals surface area contributed by atoms with E-state index >= 15 is 0 Å². The first-order chi connectivity index (χ1) is 9.92. The van der Waals surface area contributed by atoms with Crippen LogP contribution >= 0.6 is 0 Å². The van der Waals surface area contributed by atoms with Gasteiger partial charge in [-0.3, -0.25) is 9.69 Å². The zero-order valence-corrected chi connectivity index (χ0v) is 13.3. The smallest absolute Gasteiger partial charge is 0.322 e. The van der Waals surface area contributed by atoms with Gasteiger partial charge in [0, 0.05) is 25.2 Å². The third kappa shape index (κ3) is 4.38. The minimum atomic E-state index is -3.56. The predicted octanol–water partition coefficient (Wildman–Crippen LogP) is -0.623. The van der Waals surface area contributed by atoms with Crippen LogP contribution in [-0.4, -0.2) is 74.2 Å². The predicted molar refractivity (Wildman–Crippen MR) is 79.2 cm³/mol. The Morgan fingerprint density at radius 1 is 1.24 bits per heavy atom. The molecule has 2 aliphatic heterocycles. The van der Waals surface area contributed by atoms with Gasteiger partial charge in [-0.25, -0.2) is 8.42 Å². The minimum absolute atomic E-state index is 0.199. The van der Waals surface area contributed by atoms with Gasteiger partial charge >= 0.3 is 5.97 Å². The maximum absolute atomic E-state index is 12.2. The Kier molecular flexibility index (Phi) is 5.59. The van der Waals surface area contributed by atoms with Crippen molar-refractivity contribution in [3.05, 3.63) is 0 Å². The number of sulfonamides is 1. The van der Waals surface area contributed by atoms with E-state index in [9.17, 15) is 13.2 Å². The highest BCUT2D eigenvalue weighted by Gasteiger charge is 2.36. The van der Waals surface area contributed by atoms with Crippen molar-refractivity contribution in [2.75, 3.05) is 38.5 Å². The molecule has 0 radical (unpaired) electrons. The summed E-state index contributed by atoms with van der Waals surface area (Å²) in [6.07, 6.45) is 2.75. The fraction of sp³-hybridized carbons (Fsp3) is 0.923. The number of nitrogens with zero attached hydrogens (tertiary/aromatic N) is 2. The lowest BCUT2D eigenvalue weighted by atomic mass is 10.0. The first-order valence-corrected chi connectivity index (χ1v) is 9.16. The Morgan fingerprint density at radius 3 is 2.52 bits per heavy atom. The van der Waals surface area contributed by atoms with E-state index in [1.54, 1.807) is 6.92 Å². The van der Waals surface area contributed by atoms with Crippen molar-refractivity contribution in [2.45, 2.75) is 38.3 Å². The van der Waals surface area contributed by atoms with Gasteiger partial charge in [0.05, 0.1) is 6.61 Å². The Morgan fingerprint density at radius 2 is 1.90 bits per heavy atom. The van der Waals surface area contributed by atoms with Gasteiger partial charge in [0.25, 0.3) is 0 Å². The molecule has 122 valence electrons. The van der Waals surface area contributed by atoms with E-state index < -0.39 is 21.7 Å². The van der Waals surface area contributed by atoms with Gasteiger partial charge in [-0.05, 0) is 39.3 Å². The van der Waals surface area contributed by atoms with Crippen LogP contribution in [0.15, 0.2) is 0 Å². The highest BCUT2D eigenvalue weighted by Crippen LogP contribution is 2.22. The number of esters is 1. The van der Waals surface area contributed by atoms with Crippen molar-refractivity contribution in [3.63, 3.8) is 0 Å². The molecule has 2 heterocycles. The normalized spacial score (nSPS) is 26.1. The molecule has 0 aliphatic carbocycles. The fourth-order valence-corrected chi connectivity index (χ4v) is 4.34. The standard InChI is InChI=1S/C13H25N3O4S/c1-2-20-13(17)10-21(18,19)16-8-5-12(9-16)15-6-3-11(14)4-7-15/h11-12H,2-10,14H2,1H3. The summed E-state index contributed by atoms with van der Waals surface area (Å²) < 4.78 is 30.5. The van der Waals surface area contributed by atoms with Crippen molar-refractivity contribution in [1.82, 2.24) is 9.21 Å². The van der Waals surface area contributed by atoms with Crippen LogP contribution in [0.4, 0.5) is 0 Å². The molecule has 2 saturated heterocycles. The van der Waals surface area contributed by atoms with Gasteiger partial charge in [0.2, 0.25) is 10.0 Å². The van der Waals surface area contributed by atoms with Gasteiger partial charge in [-0.15, -0.1) is 0 Å². The molecule has 2 N–H and O–H groups in total. The number of piperidine rings is 1. The average Bonchev–Trinajstić information content (AvgIpc) is 2.89. The second kappa shape index (κ2) is 7.04. The maximum atomic E-state index is 12.2. The number of carbonyl (C=O) groups is 1. The summed E-state index contributed by atoms with van der Waals surface area (Å²) in [4.78, 5) is 13.7. The fourth-order valence-electron chi connectivity index (χ4n) is 2.99. The number of hydrogen-bond donors (Lipinski definition) is 1. The molecular formula is C13H25N3O4S. The van der Waals surface area contributed by atoms with Crippen LogP contribution in [0.2, 0.25) is 0 Å². The topological polar surface area (TPSA) is 92.9 Å². The van der Waals surface area contributed by atoms with Gasteiger partial charge < -0.3 is 10.5 Å². The molecule has 8 heteroatoms. The summed E-state index contributed by atoms with van der Waals surface area (Å²) in [6, 6.07) is 0.515. The molecule has 1 atom stereocenters. The summed E-state index contributed by atoms with van der Waals surface area (Å²) in [5, 5.41) is 0. The van der Waals surface area contributed by atoms with Crippen LogP contribution in [0.5, 0.6) is 0 Å². The van der Waals surface area contributed by atoms with Crippen LogP contribution in [0, 0.1) is 0 Å². The van der Waals surface area contributed by atoms with Gasteiger partial charge in [-0.2, -0.15) is 4.31 Å². The molecule has 2 aliphatic rings. The number of nitrogens with two attached hydrogens (primary N) is 1. The summed E-state index contributed by atoms with van der Waals surface area (Å²) in [5.41, 5.74) is 5.89. The van der Waals surface area contributed by atoms with Crippen molar-refractivity contribution in [3.8, 4) is 0 Å². The van der Waals surface area contributed by atoms with Crippen molar-refractivity contribution in [2.24, 2.45) is 5.73 Å². The number of hydrogen-bond acceptors (Lipinski definition) is 6. The van der Waals surface area contributed by atoms with Crippen molar-refractivity contribution >= 4 is 16.0 Å².